The summed E-state index contributed by atoms with van der Waals surface area (Å²) >= 11 is 3.31. The first-order valence-corrected chi connectivity index (χ1v) is 8.44. The summed E-state index contributed by atoms with van der Waals surface area (Å²) in [4.78, 5) is 11.9. The van der Waals surface area contributed by atoms with Gasteiger partial charge in [0.2, 0.25) is 0 Å². The van der Waals surface area contributed by atoms with Crippen LogP contribution in [-0.2, 0) is 4.79 Å². The van der Waals surface area contributed by atoms with Gasteiger partial charge >= 0.3 is 0 Å². The molecule has 0 aromatic heterocycles. The van der Waals surface area contributed by atoms with Crippen LogP contribution >= 0.6 is 15.9 Å². The van der Waals surface area contributed by atoms with E-state index in [4.69, 9.17) is 0 Å². The highest BCUT2D eigenvalue weighted by Gasteiger charge is 2.02. The van der Waals surface area contributed by atoms with Gasteiger partial charge in [-0.3, -0.25) is 4.79 Å². The smallest absolute Gasteiger partial charge is 0.259 e. The Labute approximate surface area is 153 Å². The molecule has 0 unspecified atom stereocenters. The number of nitrogens with one attached hydrogen (secondary N) is 2. The van der Waals surface area contributed by atoms with E-state index in [1.54, 1.807) is 18.2 Å². The molecule has 0 atom stereocenters. The third kappa shape index (κ3) is 4.58. The number of nitrogens with zero attached hydrogens (tertiary/aromatic N) is 1. The molecule has 126 valence electrons. The highest BCUT2D eigenvalue weighted by molar-refractivity contribution is 9.10. The minimum absolute atomic E-state index is 0.0930. The van der Waals surface area contributed by atoms with E-state index in [1.165, 1.54) is 6.21 Å². The molecule has 0 saturated heterocycles. The zero-order chi connectivity index (χ0) is 17.6. The SMILES string of the molecule is O=C(CNc1ccc2ccccc2c1)NN=Cc1cc(Br)ccc1O. The molecule has 0 saturated carbocycles. The molecule has 0 heterocycles. The van der Waals surface area contributed by atoms with E-state index >= 15 is 0 Å². The second-order valence-electron chi connectivity index (χ2n) is 5.41. The van der Waals surface area contributed by atoms with Crippen LogP contribution in [0.15, 0.2) is 70.2 Å². The summed E-state index contributed by atoms with van der Waals surface area (Å²) in [6, 6.07) is 18.9. The summed E-state index contributed by atoms with van der Waals surface area (Å²) < 4.78 is 0.816. The lowest BCUT2D eigenvalue weighted by Crippen LogP contribution is -2.25. The summed E-state index contributed by atoms with van der Waals surface area (Å²) in [6.45, 7) is 0.0974. The molecule has 3 N–H and O–H groups in total. The standard InChI is InChI=1S/C19H16BrN3O2/c20-16-6-8-18(24)15(9-16)11-22-23-19(25)12-21-17-7-5-13-3-1-2-4-14(13)10-17/h1-11,21,24H,12H2,(H,23,25). The number of rotatable bonds is 5. The largest absolute Gasteiger partial charge is 0.507 e. The Balaban J connectivity index is 1.55. The fourth-order valence-corrected chi connectivity index (χ4v) is 2.70. The van der Waals surface area contributed by atoms with Crippen LogP contribution < -0.4 is 10.7 Å². The summed E-state index contributed by atoms with van der Waals surface area (Å²) in [7, 11) is 0. The maximum atomic E-state index is 11.9. The normalized spacial score (nSPS) is 10.9. The highest BCUT2D eigenvalue weighted by atomic mass is 79.9. The number of phenols is 1. The molecule has 6 heteroatoms. The summed E-state index contributed by atoms with van der Waals surface area (Å²) in [5.74, 6) is -0.186. The molecule has 3 rings (SSSR count). The molecule has 0 aliphatic heterocycles. The van der Waals surface area contributed by atoms with Crippen LogP contribution in [0, 0.1) is 0 Å². The number of amides is 1. The highest BCUT2D eigenvalue weighted by Crippen LogP contribution is 2.20. The van der Waals surface area contributed by atoms with Gasteiger partial charge in [0.25, 0.3) is 5.91 Å². The Kier molecular flexibility index (Phi) is 5.30. The van der Waals surface area contributed by atoms with Crippen LogP contribution in [-0.4, -0.2) is 23.8 Å². The van der Waals surface area contributed by atoms with Gasteiger partial charge in [-0.15, -0.1) is 0 Å². The van der Waals surface area contributed by atoms with Crippen LogP contribution in [0.5, 0.6) is 5.75 Å². The first-order chi connectivity index (χ1) is 12.1. The second kappa shape index (κ2) is 7.81. The molecule has 5 nitrogen and oxygen atoms in total. The fraction of sp³-hybridized carbons (Fsp3) is 0.0526. The number of hydrogen-bond acceptors (Lipinski definition) is 4. The Morgan fingerprint density at radius 1 is 1.08 bits per heavy atom. The van der Waals surface area contributed by atoms with Crippen molar-refractivity contribution < 1.29 is 9.90 Å². The number of benzene rings is 3. The van der Waals surface area contributed by atoms with Crippen molar-refractivity contribution in [2.24, 2.45) is 5.10 Å². The van der Waals surface area contributed by atoms with E-state index in [9.17, 15) is 9.90 Å². The van der Waals surface area contributed by atoms with Crippen LogP contribution in [0.2, 0.25) is 0 Å². The molecule has 0 radical (unpaired) electrons. The van der Waals surface area contributed by atoms with Crippen molar-refractivity contribution in [2.75, 3.05) is 11.9 Å². The number of aromatic hydroxyl groups is 1. The molecule has 3 aromatic carbocycles. The van der Waals surface area contributed by atoms with Gasteiger partial charge in [-0.25, -0.2) is 5.43 Å². The van der Waals surface area contributed by atoms with Crippen molar-refractivity contribution in [3.63, 3.8) is 0 Å². The zero-order valence-corrected chi connectivity index (χ0v) is 14.8. The van der Waals surface area contributed by atoms with Crippen LogP contribution in [0.25, 0.3) is 10.8 Å². The topological polar surface area (TPSA) is 73.7 Å². The third-order valence-corrected chi connectivity index (χ3v) is 4.08. The van der Waals surface area contributed by atoms with Gasteiger partial charge in [-0.05, 0) is 41.1 Å². The number of hydrogen-bond donors (Lipinski definition) is 3. The van der Waals surface area contributed by atoms with Gasteiger partial charge in [0.15, 0.2) is 0 Å². The molecule has 25 heavy (non-hydrogen) atoms. The van der Waals surface area contributed by atoms with Gasteiger partial charge in [0, 0.05) is 15.7 Å². The lowest BCUT2D eigenvalue weighted by Gasteiger charge is -2.06. The quantitative estimate of drug-likeness (QED) is 0.451. The van der Waals surface area contributed by atoms with Crippen molar-refractivity contribution >= 4 is 44.5 Å². The third-order valence-electron chi connectivity index (χ3n) is 3.58. The molecule has 0 fully saturated rings. The van der Waals surface area contributed by atoms with Crippen molar-refractivity contribution in [2.45, 2.75) is 0 Å². The number of anilines is 1. The van der Waals surface area contributed by atoms with E-state index in [1.807, 2.05) is 42.5 Å². The first-order valence-electron chi connectivity index (χ1n) is 7.65. The van der Waals surface area contributed by atoms with Crippen LogP contribution in [0.3, 0.4) is 0 Å². The summed E-state index contributed by atoms with van der Waals surface area (Å²) in [5, 5.41) is 18.9. The lowest BCUT2D eigenvalue weighted by molar-refractivity contribution is -0.119. The van der Waals surface area contributed by atoms with E-state index in [0.29, 0.717) is 5.56 Å². The lowest BCUT2D eigenvalue weighted by atomic mass is 10.1. The predicted molar refractivity (Wildman–Crippen MR) is 104 cm³/mol. The summed E-state index contributed by atoms with van der Waals surface area (Å²) in [6.07, 6.45) is 1.40. The molecule has 0 aliphatic rings. The number of carbonyl (C=O) groups excluding carboxylic acids is 1. The minimum Gasteiger partial charge on any atom is -0.507 e. The van der Waals surface area contributed by atoms with E-state index in [0.717, 1.165) is 20.9 Å². The Morgan fingerprint density at radius 2 is 1.88 bits per heavy atom. The van der Waals surface area contributed by atoms with Gasteiger partial charge in [0.05, 0.1) is 12.8 Å². The Bertz CT molecular complexity index is 941. The average Bonchev–Trinajstić information content (AvgIpc) is 2.62. The van der Waals surface area contributed by atoms with Gasteiger partial charge < -0.3 is 10.4 Å². The van der Waals surface area contributed by atoms with E-state index in [2.05, 4.69) is 31.8 Å². The fourth-order valence-electron chi connectivity index (χ4n) is 2.32. The average molecular weight is 398 g/mol. The van der Waals surface area contributed by atoms with Crippen molar-refractivity contribution in [3.05, 3.63) is 70.7 Å². The maximum absolute atomic E-state index is 11.9. The van der Waals surface area contributed by atoms with Gasteiger partial charge in [-0.1, -0.05) is 46.3 Å². The Morgan fingerprint density at radius 3 is 2.72 bits per heavy atom. The molecule has 0 aliphatic carbocycles. The zero-order valence-electron chi connectivity index (χ0n) is 13.2. The second-order valence-corrected chi connectivity index (χ2v) is 6.33. The van der Waals surface area contributed by atoms with Crippen molar-refractivity contribution in [1.82, 2.24) is 5.43 Å². The number of fused-ring (bicyclic) bond motifs is 1. The van der Waals surface area contributed by atoms with Crippen molar-refractivity contribution in [1.29, 1.82) is 0 Å². The first kappa shape index (κ1) is 17.0. The van der Waals surface area contributed by atoms with Gasteiger partial charge in [-0.2, -0.15) is 5.10 Å². The van der Waals surface area contributed by atoms with Crippen LogP contribution in [0.4, 0.5) is 5.69 Å². The molecule has 1 amide bonds. The number of hydrazone groups is 1. The molecule has 0 bridgehead atoms. The minimum atomic E-state index is -0.279. The maximum Gasteiger partial charge on any atom is 0.259 e. The monoisotopic (exact) mass is 397 g/mol. The Hall–Kier alpha value is -2.86. The van der Waals surface area contributed by atoms with Crippen molar-refractivity contribution in [3.8, 4) is 5.75 Å². The predicted octanol–water partition coefficient (Wildman–Crippen LogP) is 3.87. The molecule has 0 spiro atoms. The van der Waals surface area contributed by atoms with E-state index < -0.39 is 0 Å². The number of phenolic OH excluding ortho intramolecular Hbond substituents is 1. The van der Waals surface area contributed by atoms with Crippen LogP contribution in [0.1, 0.15) is 5.56 Å². The molecular weight excluding hydrogens is 382 g/mol. The number of carbonyl (C=O) groups is 1. The van der Waals surface area contributed by atoms with Gasteiger partial charge in [0.1, 0.15) is 5.75 Å². The molecular formula is C19H16BrN3O2. The number of halogens is 1. The summed E-state index contributed by atoms with van der Waals surface area (Å²) in [5.41, 5.74) is 3.80. The molecule has 3 aromatic rings. The van der Waals surface area contributed by atoms with E-state index in [-0.39, 0.29) is 18.2 Å².